The summed E-state index contributed by atoms with van der Waals surface area (Å²) >= 11 is 6.14. The number of hydrogen-bond acceptors (Lipinski definition) is 2. The Morgan fingerprint density at radius 1 is 1.19 bits per heavy atom. The van der Waals surface area contributed by atoms with E-state index in [0.717, 1.165) is 23.2 Å². The lowest BCUT2D eigenvalue weighted by Gasteiger charge is -2.14. The fourth-order valence-corrected chi connectivity index (χ4v) is 2.26. The van der Waals surface area contributed by atoms with Crippen molar-refractivity contribution in [2.24, 2.45) is 0 Å². The molecule has 2 aromatic carbocycles. The van der Waals surface area contributed by atoms with Crippen LogP contribution in [0, 0.1) is 19.7 Å². The number of para-hydroxylation sites is 1. The highest BCUT2D eigenvalue weighted by atomic mass is 35.5. The molecule has 2 aromatic rings. The van der Waals surface area contributed by atoms with E-state index >= 15 is 0 Å². The summed E-state index contributed by atoms with van der Waals surface area (Å²) in [5.41, 5.74) is 2.62. The molecule has 1 N–H and O–H groups in total. The van der Waals surface area contributed by atoms with Crippen molar-refractivity contribution in [3.05, 3.63) is 57.9 Å². The van der Waals surface area contributed by atoms with Crippen molar-refractivity contribution >= 4 is 11.6 Å². The standard InChI is InChI=1S/C17H19ClFNO/c1-4-20-10-13-6-5-7-15(19)17(13)21-14-8-11(2)16(18)12(3)9-14/h5-9,20H,4,10H2,1-3H3. The lowest BCUT2D eigenvalue weighted by atomic mass is 10.1. The molecular formula is C17H19ClFNO. The molecule has 112 valence electrons. The fourth-order valence-electron chi connectivity index (χ4n) is 2.15. The second-order valence-electron chi connectivity index (χ2n) is 4.98. The van der Waals surface area contributed by atoms with Gasteiger partial charge < -0.3 is 10.1 Å². The first-order valence-corrected chi connectivity index (χ1v) is 7.33. The van der Waals surface area contributed by atoms with E-state index in [4.69, 9.17) is 16.3 Å². The van der Waals surface area contributed by atoms with Crippen LogP contribution in [0.15, 0.2) is 30.3 Å². The number of rotatable bonds is 5. The largest absolute Gasteiger partial charge is 0.454 e. The molecule has 2 nitrogen and oxygen atoms in total. The molecule has 0 aromatic heterocycles. The van der Waals surface area contributed by atoms with Crippen molar-refractivity contribution in [3.8, 4) is 11.5 Å². The van der Waals surface area contributed by atoms with Gasteiger partial charge in [-0.3, -0.25) is 0 Å². The molecule has 0 bridgehead atoms. The van der Waals surface area contributed by atoms with Gasteiger partial charge in [0, 0.05) is 17.1 Å². The molecule has 0 heterocycles. The first kappa shape index (κ1) is 15.8. The van der Waals surface area contributed by atoms with Crippen LogP contribution in [0.4, 0.5) is 4.39 Å². The fraction of sp³-hybridized carbons (Fsp3) is 0.294. The second-order valence-corrected chi connectivity index (χ2v) is 5.36. The van der Waals surface area contributed by atoms with Crippen LogP contribution >= 0.6 is 11.6 Å². The van der Waals surface area contributed by atoms with E-state index in [9.17, 15) is 4.39 Å². The Bertz CT molecular complexity index is 620. The minimum Gasteiger partial charge on any atom is -0.454 e. The van der Waals surface area contributed by atoms with Crippen LogP contribution in [0.2, 0.25) is 5.02 Å². The van der Waals surface area contributed by atoms with Gasteiger partial charge in [-0.15, -0.1) is 0 Å². The smallest absolute Gasteiger partial charge is 0.167 e. The van der Waals surface area contributed by atoms with E-state index < -0.39 is 0 Å². The highest BCUT2D eigenvalue weighted by Crippen LogP contribution is 2.32. The Morgan fingerprint density at radius 3 is 2.48 bits per heavy atom. The summed E-state index contributed by atoms with van der Waals surface area (Å²) < 4.78 is 19.8. The first-order chi connectivity index (χ1) is 10.0. The molecule has 0 fully saturated rings. The third kappa shape index (κ3) is 3.74. The van der Waals surface area contributed by atoms with Gasteiger partial charge in [0.2, 0.25) is 0 Å². The Kier molecular flexibility index (Phi) is 5.21. The van der Waals surface area contributed by atoms with Crippen LogP contribution in [0.5, 0.6) is 11.5 Å². The quantitative estimate of drug-likeness (QED) is 0.839. The average Bonchev–Trinajstić information content (AvgIpc) is 2.45. The third-order valence-corrected chi connectivity index (χ3v) is 3.84. The lowest BCUT2D eigenvalue weighted by molar-refractivity contribution is 0.433. The van der Waals surface area contributed by atoms with E-state index in [1.54, 1.807) is 6.07 Å². The van der Waals surface area contributed by atoms with Crippen LogP contribution < -0.4 is 10.1 Å². The van der Waals surface area contributed by atoms with Crippen molar-refractivity contribution in [1.29, 1.82) is 0 Å². The molecule has 0 unspecified atom stereocenters. The molecular weight excluding hydrogens is 289 g/mol. The van der Waals surface area contributed by atoms with E-state index in [2.05, 4.69) is 5.32 Å². The molecule has 0 atom stereocenters. The maximum absolute atomic E-state index is 14.1. The molecule has 0 aliphatic heterocycles. The highest BCUT2D eigenvalue weighted by molar-refractivity contribution is 6.32. The highest BCUT2D eigenvalue weighted by Gasteiger charge is 2.12. The van der Waals surface area contributed by atoms with Gasteiger partial charge >= 0.3 is 0 Å². The summed E-state index contributed by atoms with van der Waals surface area (Å²) in [5, 5.41) is 3.89. The normalized spacial score (nSPS) is 10.7. The Morgan fingerprint density at radius 2 is 1.86 bits per heavy atom. The predicted octanol–water partition coefficient (Wildman–Crippen LogP) is 5.00. The minimum absolute atomic E-state index is 0.263. The summed E-state index contributed by atoms with van der Waals surface area (Å²) in [6, 6.07) is 8.59. The van der Waals surface area contributed by atoms with Crippen LogP contribution in [0.1, 0.15) is 23.6 Å². The summed E-state index contributed by atoms with van der Waals surface area (Å²) in [5.74, 6) is 0.493. The van der Waals surface area contributed by atoms with Crippen molar-refractivity contribution in [2.45, 2.75) is 27.3 Å². The molecule has 4 heteroatoms. The summed E-state index contributed by atoms with van der Waals surface area (Å²) in [7, 11) is 0. The predicted molar refractivity (Wildman–Crippen MR) is 84.8 cm³/mol. The second kappa shape index (κ2) is 6.92. The third-order valence-electron chi connectivity index (χ3n) is 3.24. The SMILES string of the molecule is CCNCc1cccc(F)c1Oc1cc(C)c(Cl)c(C)c1. The Labute approximate surface area is 129 Å². The molecule has 0 amide bonds. The van der Waals surface area contributed by atoms with E-state index in [1.807, 2.05) is 39.0 Å². The summed E-state index contributed by atoms with van der Waals surface area (Å²) in [6.45, 7) is 7.20. The number of ether oxygens (including phenoxy) is 1. The molecule has 21 heavy (non-hydrogen) atoms. The van der Waals surface area contributed by atoms with Crippen LogP contribution in [-0.4, -0.2) is 6.54 Å². The Hall–Kier alpha value is -1.58. The van der Waals surface area contributed by atoms with Crippen LogP contribution in [-0.2, 0) is 6.54 Å². The molecule has 0 aliphatic carbocycles. The molecule has 2 rings (SSSR count). The van der Waals surface area contributed by atoms with Crippen molar-refractivity contribution in [2.75, 3.05) is 6.54 Å². The van der Waals surface area contributed by atoms with Crippen molar-refractivity contribution in [3.63, 3.8) is 0 Å². The van der Waals surface area contributed by atoms with Crippen LogP contribution in [0.25, 0.3) is 0 Å². The number of benzene rings is 2. The van der Waals surface area contributed by atoms with Crippen molar-refractivity contribution < 1.29 is 9.13 Å². The van der Waals surface area contributed by atoms with Crippen molar-refractivity contribution in [1.82, 2.24) is 5.32 Å². The van der Waals surface area contributed by atoms with Crippen LogP contribution in [0.3, 0.4) is 0 Å². The topological polar surface area (TPSA) is 21.3 Å². The number of nitrogens with one attached hydrogen (secondary N) is 1. The number of halogens is 2. The van der Waals surface area contributed by atoms with Gasteiger partial charge in [-0.25, -0.2) is 4.39 Å². The number of aryl methyl sites for hydroxylation is 2. The van der Waals surface area contributed by atoms with E-state index in [0.29, 0.717) is 17.3 Å². The maximum Gasteiger partial charge on any atom is 0.167 e. The zero-order chi connectivity index (χ0) is 15.4. The zero-order valence-corrected chi connectivity index (χ0v) is 13.2. The number of hydrogen-bond donors (Lipinski definition) is 1. The molecule has 0 aliphatic rings. The van der Waals surface area contributed by atoms with Gasteiger partial charge in [0.1, 0.15) is 5.75 Å². The zero-order valence-electron chi connectivity index (χ0n) is 12.5. The minimum atomic E-state index is -0.365. The summed E-state index contributed by atoms with van der Waals surface area (Å²) in [4.78, 5) is 0. The van der Waals surface area contributed by atoms with Gasteiger partial charge in [0.05, 0.1) is 0 Å². The monoisotopic (exact) mass is 307 g/mol. The maximum atomic E-state index is 14.1. The molecule has 0 saturated heterocycles. The molecule has 0 radical (unpaired) electrons. The summed E-state index contributed by atoms with van der Waals surface area (Å²) in [6.07, 6.45) is 0. The van der Waals surface area contributed by atoms with Gasteiger partial charge in [-0.05, 0) is 49.7 Å². The average molecular weight is 308 g/mol. The van der Waals surface area contributed by atoms with E-state index in [-0.39, 0.29) is 11.6 Å². The van der Waals surface area contributed by atoms with Gasteiger partial charge in [0.25, 0.3) is 0 Å². The van der Waals surface area contributed by atoms with Gasteiger partial charge in [-0.1, -0.05) is 30.7 Å². The van der Waals surface area contributed by atoms with Gasteiger partial charge in [0.15, 0.2) is 11.6 Å². The Balaban J connectivity index is 2.34. The first-order valence-electron chi connectivity index (χ1n) is 6.95. The lowest BCUT2D eigenvalue weighted by Crippen LogP contribution is -2.12. The van der Waals surface area contributed by atoms with E-state index in [1.165, 1.54) is 6.07 Å². The molecule has 0 saturated carbocycles. The van der Waals surface area contributed by atoms with Gasteiger partial charge in [-0.2, -0.15) is 0 Å². The molecule has 0 spiro atoms.